The molecule has 0 aliphatic carbocycles. The topological polar surface area (TPSA) is 27.6 Å². The zero-order valence-corrected chi connectivity index (χ0v) is 17.6. The van der Waals surface area contributed by atoms with Crippen molar-refractivity contribution in [3.63, 3.8) is 0 Å². The fourth-order valence-electron chi connectivity index (χ4n) is 3.17. The molecule has 0 amide bonds. The van der Waals surface area contributed by atoms with E-state index in [0.717, 1.165) is 21.3 Å². The zero-order valence-electron chi connectivity index (χ0n) is 15.1. The normalized spacial score (nSPS) is 15.9. The van der Waals surface area contributed by atoms with Gasteiger partial charge in [-0.25, -0.2) is 13.8 Å². The lowest BCUT2D eigenvalue weighted by molar-refractivity contribution is 0.375. The molecule has 3 nitrogen and oxygen atoms in total. The lowest BCUT2D eigenvalue weighted by Gasteiger charge is -2.25. The Hall–Kier alpha value is -2.64. The molecule has 1 atom stereocenters. The van der Waals surface area contributed by atoms with E-state index in [9.17, 15) is 8.78 Å². The summed E-state index contributed by atoms with van der Waals surface area (Å²) in [5, 5.41) is 9.96. The van der Waals surface area contributed by atoms with E-state index in [2.05, 4.69) is 21.2 Å². The highest BCUT2D eigenvalue weighted by Crippen LogP contribution is 2.33. The van der Waals surface area contributed by atoms with Crippen molar-refractivity contribution in [2.24, 2.45) is 5.10 Å². The first-order valence-corrected chi connectivity index (χ1v) is 10.1. The van der Waals surface area contributed by atoms with Crippen LogP contribution < -0.4 is 5.32 Å². The highest BCUT2D eigenvalue weighted by molar-refractivity contribution is 9.10. The molecular weight excluding hydrogens is 456 g/mol. The van der Waals surface area contributed by atoms with Gasteiger partial charge in [0.2, 0.25) is 0 Å². The van der Waals surface area contributed by atoms with Gasteiger partial charge in [-0.1, -0.05) is 40.2 Å². The van der Waals surface area contributed by atoms with E-state index in [1.54, 1.807) is 29.3 Å². The van der Waals surface area contributed by atoms with Gasteiger partial charge in [-0.05, 0) is 71.9 Å². The molecule has 0 bridgehead atoms. The third kappa shape index (κ3) is 4.52. The number of hydrogen-bond acceptors (Lipinski definition) is 2. The first-order valence-electron chi connectivity index (χ1n) is 8.94. The maximum atomic E-state index is 13.4. The van der Waals surface area contributed by atoms with Gasteiger partial charge in [-0.2, -0.15) is 5.10 Å². The van der Waals surface area contributed by atoms with Crippen molar-refractivity contribution in [1.82, 2.24) is 5.01 Å². The molecule has 4 rings (SSSR count). The number of hydrogen-bond donors (Lipinski definition) is 1. The van der Waals surface area contributed by atoms with E-state index < -0.39 is 0 Å². The highest BCUT2D eigenvalue weighted by atomic mass is 79.9. The number of nitrogens with one attached hydrogen (secondary N) is 1. The van der Waals surface area contributed by atoms with E-state index in [0.29, 0.717) is 17.2 Å². The minimum atomic E-state index is -0.317. The molecule has 3 aromatic carbocycles. The Balaban J connectivity index is 1.64. The third-order valence-electron chi connectivity index (χ3n) is 4.65. The third-order valence-corrected chi connectivity index (χ3v) is 5.46. The van der Waals surface area contributed by atoms with Gasteiger partial charge >= 0.3 is 0 Å². The number of halogens is 3. The molecule has 1 heterocycles. The molecule has 0 aromatic heterocycles. The van der Waals surface area contributed by atoms with Crippen LogP contribution in [0.3, 0.4) is 0 Å². The summed E-state index contributed by atoms with van der Waals surface area (Å²) in [4.78, 5) is 0. The van der Waals surface area contributed by atoms with E-state index >= 15 is 0 Å². The SMILES string of the molecule is Fc1ccc(NC(=S)N2N=C(c3ccc(Br)cc3)C[C@@H]2c2ccc(F)cc2)cc1. The van der Waals surface area contributed by atoms with Crippen LogP contribution in [0.15, 0.2) is 82.4 Å². The maximum Gasteiger partial charge on any atom is 0.194 e. The quantitative estimate of drug-likeness (QED) is 0.455. The molecule has 1 aliphatic rings. The molecule has 0 saturated carbocycles. The molecule has 3 aromatic rings. The first kappa shape index (κ1) is 19.7. The molecule has 1 N–H and O–H groups in total. The van der Waals surface area contributed by atoms with Crippen molar-refractivity contribution in [2.45, 2.75) is 12.5 Å². The van der Waals surface area contributed by atoms with Gasteiger partial charge in [0.05, 0.1) is 11.8 Å². The van der Waals surface area contributed by atoms with Gasteiger partial charge in [0.15, 0.2) is 5.11 Å². The van der Waals surface area contributed by atoms with Gasteiger partial charge in [0, 0.05) is 16.6 Å². The Labute approximate surface area is 181 Å². The lowest BCUT2D eigenvalue weighted by atomic mass is 9.98. The first-order chi connectivity index (χ1) is 14.0. The predicted molar refractivity (Wildman–Crippen MR) is 119 cm³/mol. The summed E-state index contributed by atoms with van der Waals surface area (Å²) in [6.07, 6.45) is 0.624. The van der Waals surface area contributed by atoms with Crippen LogP contribution in [-0.4, -0.2) is 15.8 Å². The van der Waals surface area contributed by atoms with Crippen LogP contribution in [0.25, 0.3) is 0 Å². The van der Waals surface area contributed by atoms with Crippen molar-refractivity contribution >= 4 is 44.7 Å². The molecular formula is C22H16BrF2N3S. The van der Waals surface area contributed by atoms with Gasteiger partial charge in [-0.3, -0.25) is 0 Å². The van der Waals surface area contributed by atoms with Crippen LogP contribution in [0.2, 0.25) is 0 Å². The number of hydrazone groups is 1. The Morgan fingerprint density at radius 3 is 2.14 bits per heavy atom. The van der Waals surface area contributed by atoms with E-state index in [-0.39, 0.29) is 17.7 Å². The summed E-state index contributed by atoms with van der Waals surface area (Å²) in [6.45, 7) is 0. The molecule has 7 heteroatoms. The minimum absolute atomic E-state index is 0.172. The average Bonchev–Trinajstić information content (AvgIpc) is 3.16. The second kappa shape index (κ2) is 8.39. The van der Waals surface area contributed by atoms with Crippen molar-refractivity contribution < 1.29 is 8.78 Å². The van der Waals surface area contributed by atoms with Crippen LogP contribution in [0.1, 0.15) is 23.6 Å². The van der Waals surface area contributed by atoms with E-state index in [1.165, 1.54) is 24.3 Å². The average molecular weight is 472 g/mol. The largest absolute Gasteiger partial charge is 0.331 e. The van der Waals surface area contributed by atoms with Crippen LogP contribution >= 0.6 is 28.1 Å². The summed E-state index contributed by atoms with van der Waals surface area (Å²) in [5.41, 5.74) is 3.45. The summed E-state index contributed by atoms with van der Waals surface area (Å²) >= 11 is 9.03. The van der Waals surface area contributed by atoms with Crippen LogP contribution in [0.5, 0.6) is 0 Å². The Bertz CT molecular complexity index is 1050. The smallest absolute Gasteiger partial charge is 0.194 e. The van der Waals surface area contributed by atoms with Crippen molar-refractivity contribution in [1.29, 1.82) is 0 Å². The second-order valence-corrected chi connectivity index (χ2v) is 7.91. The van der Waals surface area contributed by atoms with Gasteiger partial charge < -0.3 is 5.32 Å². The molecule has 0 spiro atoms. The number of benzene rings is 3. The zero-order chi connectivity index (χ0) is 20.4. The monoisotopic (exact) mass is 471 g/mol. The lowest BCUT2D eigenvalue weighted by Crippen LogP contribution is -2.31. The number of thiocarbonyl (C=S) groups is 1. The minimum Gasteiger partial charge on any atom is -0.331 e. The Morgan fingerprint density at radius 2 is 1.52 bits per heavy atom. The van der Waals surface area contributed by atoms with Crippen molar-refractivity contribution in [3.05, 3.63) is 100 Å². The van der Waals surface area contributed by atoms with Crippen LogP contribution in [0, 0.1) is 11.6 Å². The molecule has 29 heavy (non-hydrogen) atoms. The van der Waals surface area contributed by atoms with E-state index in [4.69, 9.17) is 17.3 Å². The summed E-state index contributed by atoms with van der Waals surface area (Å²) in [5.74, 6) is -0.610. The van der Waals surface area contributed by atoms with E-state index in [1.807, 2.05) is 24.3 Å². The van der Waals surface area contributed by atoms with Crippen LogP contribution in [0.4, 0.5) is 14.5 Å². The number of nitrogens with zero attached hydrogens (tertiary/aromatic N) is 2. The molecule has 146 valence electrons. The number of anilines is 1. The van der Waals surface area contributed by atoms with Crippen molar-refractivity contribution in [2.75, 3.05) is 5.32 Å². The van der Waals surface area contributed by atoms with Crippen LogP contribution in [-0.2, 0) is 0 Å². The second-order valence-electron chi connectivity index (χ2n) is 6.61. The van der Waals surface area contributed by atoms with Crippen molar-refractivity contribution in [3.8, 4) is 0 Å². The standard InChI is InChI=1S/C22H16BrF2N3S/c23-16-5-1-14(2-6-16)20-13-21(15-3-7-17(24)8-4-15)28(27-20)22(29)26-19-11-9-18(25)10-12-19/h1-12,21H,13H2,(H,26,29)/t21-/m1/s1. The summed E-state index contributed by atoms with van der Waals surface area (Å²) in [7, 11) is 0. The van der Waals surface area contributed by atoms with Gasteiger partial charge in [-0.15, -0.1) is 0 Å². The number of rotatable bonds is 3. The maximum absolute atomic E-state index is 13.4. The van der Waals surface area contributed by atoms with Gasteiger partial charge in [0.1, 0.15) is 11.6 Å². The van der Waals surface area contributed by atoms with Gasteiger partial charge in [0.25, 0.3) is 0 Å². The molecule has 1 aliphatic heterocycles. The Kier molecular flexibility index (Phi) is 5.69. The molecule has 0 saturated heterocycles. The Morgan fingerprint density at radius 1 is 0.931 bits per heavy atom. The fraction of sp³-hybridized carbons (Fsp3) is 0.0909. The summed E-state index contributed by atoms with van der Waals surface area (Å²) in [6, 6.07) is 20.0. The fourth-order valence-corrected chi connectivity index (χ4v) is 3.72. The molecule has 0 fully saturated rings. The summed E-state index contributed by atoms with van der Waals surface area (Å²) < 4.78 is 27.6. The molecule has 0 radical (unpaired) electrons. The predicted octanol–water partition coefficient (Wildman–Crippen LogP) is 6.28. The highest BCUT2D eigenvalue weighted by Gasteiger charge is 2.31. The molecule has 0 unspecified atom stereocenters.